The molecule has 4 heteroatoms. The first-order valence-corrected chi connectivity index (χ1v) is 5.86. The number of ether oxygens (including phenoxy) is 1. The lowest BCUT2D eigenvalue weighted by Gasteiger charge is -2.26. The third-order valence-corrected chi connectivity index (χ3v) is 3.33. The van der Waals surface area contributed by atoms with Gasteiger partial charge in [0.2, 0.25) is 5.91 Å². The van der Waals surface area contributed by atoms with E-state index in [1.54, 1.807) is 0 Å². The lowest BCUT2D eigenvalue weighted by Crippen LogP contribution is -2.42. The number of carbonyl (C=O) groups excluding carboxylic acids is 1. The van der Waals surface area contributed by atoms with Crippen molar-refractivity contribution in [3.63, 3.8) is 0 Å². The van der Waals surface area contributed by atoms with Crippen LogP contribution in [-0.2, 0) is 9.53 Å². The van der Waals surface area contributed by atoms with Crippen molar-refractivity contribution in [1.29, 1.82) is 0 Å². The molecule has 1 saturated heterocycles. The SMILES string of the molecule is CC1OCCC1C(=O)N(CCN)C1CC1. The number of nitrogens with two attached hydrogens (primary N) is 1. The molecular weight excluding hydrogens is 192 g/mol. The topological polar surface area (TPSA) is 55.6 Å². The average Bonchev–Trinajstić information content (AvgIpc) is 2.97. The average molecular weight is 212 g/mol. The Kier molecular flexibility index (Phi) is 3.26. The second kappa shape index (κ2) is 4.49. The third kappa shape index (κ3) is 2.32. The quantitative estimate of drug-likeness (QED) is 0.732. The number of hydrogen-bond donors (Lipinski definition) is 1. The van der Waals surface area contributed by atoms with Crippen molar-refractivity contribution in [3.05, 3.63) is 0 Å². The van der Waals surface area contributed by atoms with Gasteiger partial charge in [-0.3, -0.25) is 4.79 Å². The minimum Gasteiger partial charge on any atom is -0.378 e. The van der Waals surface area contributed by atoms with E-state index in [1.165, 1.54) is 0 Å². The molecule has 2 atom stereocenters. The highest BCUT2D eigenvalue weighted by atomic mass is 16.5. The summed E-state index contributed by atoms with van der Waals surface area (Å²) < 4.78 is 5.44. The molecule has 2 N–H and O–H groups in total. The van der Waals surface area contributed by atoms with Gasteiger partial charge >= 0.3 is 0 Å². The minimum absolute atomic E-state index is 0.0668. The van der Waals surface area contributed by atoms with Gasteiger partial charge in [0, 0.05) is 25.7 Å². The van der Waals surface area contributed by atoms with Crippen LogP contribution < -0.4 is 5.73 Å². The Morgan fingerprint density at radius 3 is 2.67 bits per heavy atom. The summed E-state index contributed by atoms with van der Waals surface area (Å²) in [5.41, 5.74) is 5.54. The van der Waals surface area contributed by atoms with Gasteiger partial charge in [0.25, 0.3) is 0 Å². The van der Waals surface area contributed by atoms with Crippen LogP contribution in [0.15, 0.2) is 0 Å². The molecule has 2 aliphatic rings. The van der Waals surface area contributed by atoms with Crippen molar-refractivity contribution >= 4 is 5.91 Å². The normalized spacial score (nSPS) is 30.5. The summed E-state index contributed by atoms with van der Waals surface area (Å²) >= 11 is 0. The van der Waals surface area contributed by atoms with E-state index < -0.39 is 0 Å². The van der Waals surface area contributed by atoms with E-state index in [2.05, 4.69) is 0 Å². The summed E-state index contributed by atoms with van der Waals surface area (Å²) in [7, 11) is 0. The van der Waals surface area contributed by atoms with Crippen LogP contribution >= 0.6 is 0 Å². The van der Waals surface area contributed by atoms with Gasteiger partial charge in [0.15, 0.2) is 0 Å². The lowest BCUT2D eigenvalue weighted by atomic mass is 10.0. The van der Waals surface area contributed by atoms with Crippen molar-refractivity contribution < 1.29 is 9.53 Å². The third-order valence-electron chi connectivity index (χ3n) is 3.33. The fourth-order valence-electron chi connectivity index (χ4n) is 2.27. The Balaban J connectivity index is 1.96. The summed E-state index contributed by atoms with van der Waals surface area (Å²) in [4.78, 5) is 14.2. The van der Waals surface area contributed by atoms with Gasteiger partial charge in [-0.2, -0.15) is 0 Å². The molecule has 2 fully saturated rings. The Morgan fingerprint density at radius 2 is 2.20 bits per heavy atom. The van der Waals surface area contributed by atoms with Crippen molar-refractivity contribution in [2.24, 2.45) is 11.7 Å². The fraction of sp³-hybridized carbons (Fsp3) is 0.909. The second-order valence-corrected chi connectivity index (χ2v) is 4.52. The van der Waals surface area contributed by atoms with Crippen LogP contribution in [0, 0.1) is 5.92 Å². The predicted molar refractivity (Wildman–Crippen MR) is 57.3 cm³/mol. The highest BCUT2D eigenvalue weighted by Crippen LogP contribution is 2.31. The van der Waals surface area contributed by atoms with E-state index in [0.717, 1.165) is 25.9 Å². The first-order valence-electron chi connectivity index (χ1n) is 5.86. The summed E-state index contributed by atoms with van der Waals surface area (Å²) in [6, 6.07) is 0.467. The molecule has 2 rings (SSSR count). The number of carbonyl (C=O) groups is 1. The number of rotatable bonds is 4. The zero-order chi connectivity index (χ0) is 10.8. The predicted octanol–water partition coefficient (Wildman–Crippen LogP) is 0.361. The summed E-state index contributed by atoms with van der Waals surface area (Å²) in [5.74, 6) is 0.324. The molecule has 0 aromatic rings. The monoisotopic (exact) mass is 212 g/mol. The van der Waals surface area contributed by atoms with Crippen molar-refractivity contribution in [3.8, 4) is 0 Å². The van der Waals surface area contributed by atoms with Gasteiger partial charge in [0.05, 0.1) is 12.0 Å². The summed E-state index contributed by atoms with van der Waals surface area (Å²) in [5, 5.41) is 0. The molecule has 0 aromatic heterocycles. The maximum atomic E-state index is 12.2. The molecule has 0 radical (unpaired) electrons. The van der Waals surface area contributed by atoms with Crippen LogP contribution in [0.4, 0.5) is 0 Å². The molecule has 1 heterocycles. The molecule has 15 heavy (non-hydrogen) atoms. The van der Waals surface area contributed by atoms with Crippen LogP contribution in [0.25, 0.3) is 0 Å². The smallest absolute Gasteiger partial charge is 0.228 e. The molecular formula is C11H20N2O2. The summed E-state index contributed by atoms with van der Waals surface area (Å²) in [6.45, 7) is 3.97. The maximum absolute atomic E-state index is 12.2. The highest BCUT2D eigenvalue weighted by molar-refractivity contribution is 5.80. The van der Waals surface area contributed by atoms with E-state index in [0.29, 0.717) is 19.1 Å². The lowest BCUT2D eigenvalue weighted by molar-refractivity contribution is -0.137. The van der Waals surface area contributed by atoms with Gasteiger partial charge in [-0.1, -0.05) is 0 Å². The van der Waals surface area contributed by atoms with Crippen molar-refractivity contribution in [1.82, 2.24) is 4.90 Å². The second-order valence-electron chi connectivity index (χ2n) is 4.52. The molecule has 0 bridgehead atoms. The molecule has 2 unspecified atom stereocenters. The Bertz CT molecular complexity index is 241. The van der Waals surface area contributed by atoms with Gasteiger partial charge in [0.1, 0.15) is 0 Å². The molecule has 0 spiro atoms. The first kappa shape index (κ1) is 10.9. The molecule has 1 saturated carbocycles. The maximum Gasteiger partial charge on any atom is 0.228 e. The molecule has 1 aliphatic heterocycles. The van der Waals surface area contributed by atoms with Crippen LogP contribution in [0.5, 0.6) is 0 Å². The van der Waals surface area contributed by atoms with Gasteiger partial charge in [-0.05, 0) is 26.2 Å². The zero-order valence-corrected chi connectivity index (χ0v) is 9.32. The number of hydrogen-bond acceptors (Lipinski definition) is 3. The van der Waals surface area contributed by atoms with Gasteiger partial charge in [-0.15, -0.1) is 0 Å². The molecule has 86 valence electrons. The first-order chi connectivity index (χ1) is 7.24. The summed E-state index contributed by atoms with van der Waals surface area (Å²) in [6.07, 6.45) is 3.24. The van der Waals surface area contributed by atoms with Crippen molar-refractivity contribution in [2.75, 3.05) is 19.7 Å². The van der Waals surface area contributed by atoms with E-state index in [-0.39, 0.29) is 17.9 Å². The molecule has 1 amide bonds. The Hall–Kier alpha value is -0.610. The largest absolute Gasteiger partial charge is 0.378 e. The van der Waals surface area contributed by atoms with Crippen LogP contribution in [-0.4, -0.2) is 42.6 Å². The van der Waals surface area contributed by atoms with E-state index >= 15 is 0 Å². The molecule has 0 aromatic carbocycles. The van der Waals surface area contributed by atoms with Gasteiger partial charge < -0.3 is 15.4 Å². The van der Waals surface area contributed by atoms with Gasteiger partial charge in [-0.25, -0.2) is 0 Å². The Morgan fingerprint density at radius 1 is 1.47 bits per heavy atom. The standard InChI is InChI=1S/C11H20N2O2/c1-8-10(4-7-15-8)11(14)13(6-5-12)9-2-3-9/h8-10H,2-7,12H2,1H3. The van der Waals surface area contributed by atoms with E-state index in [4.69, 9.17) is 10.5 Å². The fourth-order valence-corrected chi connectivity index (χ4v) is 2.27. The molecule has 1 aliphatic carbocycles. The number of amides is 1. The van der Waals surface area contributed by atoms with Crippen LogP contribution in [0.2, 0.25) is 0 Å². The van der Waals surface area contributed by atoms with E-state index in [9.17, 15) is 4.79 Å². The zero-order valence-electron chi connectivity index (χ0n) is 9.32. The minimum atomic E-state index is 0.0668. The Labute approximate surface area is 90.8 Å². The van der Waals surface area contributed by atoms with E-state index in [1.807, 2.05) is 11.8 Å². The molecule has 4 nitrogen and oxygen atoms in total. The van der Waals surface area contributed by atoms with Crippen molar-refractivity contribution in [2.45, 2.75) is 38.3 Å². The van der Waals surface area contributed by atoms with Crippen LogP contribution in [0.3, 0.4) is 0 Å². The number of nitrogens with zero attached hydrogens (tertiary/aromatic N) is 1. The van der Waals surface area contributed by atoms with Crippen LogP contribution in [0.1, 0.15) is 26.2 Å². The highest BCUT2D eigenvalue weighted by Gasteiger charge is 2.39.